The summed E-state index contributed by atoms with van der Waals surface area (Å²) in [6.07, 6.45) is 8.03. The second-order valence-electron chi connectivity index (χ2n) is 6.97. The summed E-state index contributed by atoms with van der Waals surface area (Å²) in [6, 6.07) is 0.363. The Bertz CT molecular complexity index is 263. The number of likely N-dealkylation sites (N-methyl/N-ethyl adjacent to an activating group) is 1. The molecule has 3 atom stereocenters. The fraction of sp³-hybridized carbons (Fsp3) is 1.00. The largest absolute Gasteiger partial charge is 0.389 e. The molecule has 106 valence electrons. The molecule has 3 nitrogen and oxygen atoms in total. The number of nitrogens with zero attached hydrogens (tertiary/aromatic N) is 1. The van der Waals surface area contributed by atoms with Crippen molar-refractivity contribution in [1.29, 1.82) is 0 Å². The van der Waals surface area contributed by atoms with Crippen LogP contribution in [0, 0.1) is 11.8 Å². The summed E-state index contributed by atoms with van der Waals surface area (Å²) in [6.45, 7) is 4.21. The van der Waals surface area contributed by atoms with Crippen LogP contribution in [0.2, 0.25) is 0 Å². The van der Waals surface area contributed by atoms with Gasteiger partial charge >= 0.3 is 0 Å². The average Bonchev–Trinajstić information content (AvgIpc) is 2.70. The number of hydrogen-bond donors (Lipinski definition) is 2. The maximum atomic E-state index is 10.4. The molecule has 0 heterocycles. The van der Waals surface area contributed by atoms with Crippen LogP contribution in [0.4, 0.5) is 0 Å². The molecule has 0 aromatic heterocycles. The second-order valence-corrected chi connectivity index (χ2v) is 6.97. The molecule has 0 aliphatic heterocycles. The van der Waals surface area contributed by atoms with Crippen LogP contribution in [0.5, 0.6) is 0 Å². The van der Waals surface area contributed by atoms with Gasteiger partial charge in [0.05, 0.1) is 5.60 Å². The van der Waals surface area contributed by atoms with Crippen molar-refractivity contribution in [2.75, 3.05) is 20.1 Å². The van der Waals surface area contributed by atoms with E-state index in [1.54, 1.807) is 0 Å². The van der Waals surface area contributed by atoms with E-state index in [2.05, 4.69) is 18.9 Å². The van der Waals surface area contributed by atoms with E-state index in [0.717, 1.165) is 31.8 Å². The van der Waals surface area contributed by atoms with Gasteiger partial charge in [-0.1, -0.05) is 19.8 Å². The highest BCUT2D eigenvalue weighted by molar-refractivity contribution is 4.89. The molecule has 0 aromatic carbocycles. The summed E-state index contributed by atoms with van der Waals surface area (Å²) in [5, 5.41) is 10.4. The van der Waals surface area contributed by atoms with Gasteiger partial charge in [0.1, 0.15) is 0 Å². The van der Waals surface area contributed by atoms with Crippen LogP contribution in [-0.4, -0.2) is 41.8 Å². The third-order valence-corrected chi connectivity index (χ3v) is 4.95. The van der Waals surface area contributed by atoms with Crippen LogP contribution in [0.15, 0.2) is 0 Å². The zero-order valence-corrected chi connectivity index (χ0v) is 12.1. The number of rotatable bonds is 4. The Morgan fingerprint density at radius 1 is 1.28 bits per heavy atom. The van der Waals surface area contributed by atoms with E-state index in [0.29, 0.717) is 12.0 Å². The van der Waals surface area contributed by atoms with Crippen molar-refractivity contribution >= 4 is 0 Å². The van der Waals surface area contributed by atoms with Gasteiger partial charge < -0.3 is 15.7 Å². The molecule has 3 unspecified atom stereocenters. The normalized spacial score (nSPS) is 36.2. The summed E-state index contributed by atoms with van der Waals surface area (Å²) >= 11 is 0. The van der Waals surface area contributed by atoms with E-state index in [9.17, 15) is 5.11 Å². The van der Waals surface area contributed by atoms with E-state index in [-0.39, 0.29) is 0 Å². The van der Waals surface area contributed by atoms with Crippen LogP contribution >= 0.6 is 0 Å². The number of aliphatic hydroxyl groups is 1. The van der Waals surface area contributed by atoms with E-state index in [1.807, 2.05) is 0 Å². The molecule has 0 aromatic rings. The summed E-state index contributed by atoms with van der Waals surface area (Å²) in [5.74, 6) is 1.43. The zero-order chi connectivity index (χ0) is 13.2. The Hall–Kier alpha value is -0.120. The van der Waals surface area contributed by atoms with Crippen molar-refractivity contribution in [1.82, 2.24) is 4.90 Å². The maximum Gasteiger partial charge on any atom is 0.0774 e. The number of hydrogen-bond acceptors (Lipinski definition) is 3. The Morgan fingerprint density at radius 2 is 1.94 bits per heavy atom. The van der Waals surface area contributed by atoms with Crippen molar-refractivity contribution < 1.29 is 5.11 Å². The number of nitrogens with two attached hydrogens (primary N) is 1. The molecule has 0 saturated heterocycles. The van der Waals surface area contributed by atoms with Crippen LogP contribution in [0.3, 0.4) is 0 Å². The topological polar surface area (TPSA) is 49.5 Å². The first kappa shape index (κ1) is 14.3. The van der Waals surface area contributed by atoms with Crippen molar-refractivity contribution in [3.05, 3.63) is 0 Å². The quantitative estimate of drug-likeness (QED) is 0.806. The SMILES string of the molecule is CC1CCC(N)C(CN(C)CC2(O)CCCC2)C1. The lowest BCUT2D eigenvalue weighted by Crippen LogP contribution is -2.46. The Labute approximate surface area is 112 Å². The Kier molecular flexibility index (Phi) is 4.68. The molecule has 2 saturated carbocycles. The van der Waals surface area contributed by atoms with Gasteiger partial charge in [-0.15, -0.1) is 0 Å². The molecule has 3 heteroatoms. The average molecular weight is 254 g/mol. The van der Waals surface area contributed by atoms with Gasteiger partial charge in [-0.25, -0.2) is 0 Å². The molecule has 2 aliphatic rings. The van der Waals surface area contributed by atoms with Gasteiger partial charge in [-0.3, -0.25) is 0 Å². The first-order valence-corrected chi connectivity index (χ1v) is 7.65. The van der Waals surface area contributed by atoms with Gasteiger partial charge in [0.15, 0.2) is 0 Å². The van der Waals surface area contributed by atoms with Crippen LogP contribution in [0.1, 0.15) is 51.9 Å². The summed E-state index contributed by atoms with van der Waals surface area (Å²) in [7, 11) is 2.14. The molecular weight excluding hydrogens is 224 g/mol. The molecule has 2 fully saturated rings. The second kappa shape index (κ2) is 5.89. The Balaban J connectivity index is 1.80. The third-order valence-electron chi connectivity index (χ3n) is 4.95. The van der Waals surface area contributed by atoms with E-state index in [4.69, 9.17) is 5.73 Å². The standard InChI is InChI=1S/C15H30N2O/c1-12-5-6-14(16)13(9-12)10-17(2)11-15(18)7-3-4-8-15/h12-14,18H,3-11,16H2,1-2H3. The van der Waals surface area contributed by atoms with E-state index < -0.39 is 5.60 Å². The predicted octanol–water partition coefficient (Wildman–Crippen LogP) is 1.99. The van der Waals surface area contributed by atoms with Crippen molar-refractivity contribution in [3.8, 4) is 0 Å². The minimum atomic E-state index is -0.418. The molecule has 3 N–H and O–H groups in total. The molecule has 0 bridgehead atoms. The van der Waals surface area contributed by atoms with Gasteiger partial charge in [0.25, 0.3) is 0 Å². The highest BCUT2D eigenvalue weighted by Gasteiger charge is 2.33. The molecule has 2 aliphatic carbocycles. The molecule has 0 spiro atoms. The zero-order valence-electron chi connectivity index (χ0n) is 12.1. The van der Waals surface area contributed by atoms with Gasteiger partial charge in [-0.05, 0) is 51.0 Å². The smallest absolute Gasteiger partial charge is 0.0774 e. The minimum absolute atomic E-state index is 0.363. The van der Waals surface area contributed by atoms with Crippen molar-refractivity contribution in [2.45, 2.75) is 63.5 Å². The first-order valence-electron chi connectivity index (χ1n) is 7.65. The summed E-state index contributed by atoms with van der Waals surface area (Å²) in [5.41, 5.74) is 5.82. The van der Waals surface area contributed by atoms with Crippen LogP contribution in [0.25, 0.3) is 0 Å². The van der Waals surface area contributed by atoms with Crippen LogP contribution in [-0.2, 0) is 0 Å². The van der Waals surface area contributed by atoms with Crippen LogP contribution < -0.4 is 5.73 Å². The highest BCUT2D eigenvalue weighted by atomic mass is 16.3. The van der Waals surface area contributed by atoms with Crippen molar-refractivity contribution in [3.63, 3.8) is 0 Å². The van der Waals surface area contributed by atoms with E-state index >= 15 is 0 Å². The minimum Gasteiger partial charge on any atom is -0.389 e. The summed E-state index contributed by atoms with van der Waals surface area (Å²) < 4.78 is 0. The van der Waals surface area contributed by atoms with Gasteiger partial charge in [0.2, 0.25) is 0 Å². The molecular formula is C15H30N2O. The summed E-state index contributed by atoms with van der Waals surface area (Å²) in [4.78, 5) is 2.31. The highest BCUT2D eigenvalue weighted by Crippen LogP contribution is 2.32. The van der Waals surface area contributed by atoms with E-state index in [1.165, 1.54) is 32.1 Å². The van der Waals surface area contributed by atoms with Crippen molar-refractivity contribution in [2.24, 2.45) is 17.6 Å². The van der Waals surface area contributed by atoms with Gasteiger partial charge in [-0.2, -0.15) is 0 Å². The molecule has 0 amide bonds. The maximum absolute atomic E-state index is 10.4. The third kappa shape index (κ3) is 3.69. The molecule has 2 rings (SSSR count). The Morgan fingerprint density at radius 3 is 2.61 bits per heavy atom. The lowest BCUT2D eigenvalue weighted by molar-refractivity contribution is 0.00962. The van der Waals surface area contributed by atoms with Gasteiger partial charge in [0, 0.05) is 19.1 Å². The lowest BCUT2D eigenvalue weighted by Gasteiger charge is -2.37. The molecule has 0 radical (unpaired) electrons. The lowest BCUT2D eigenvalue weighted by atomic mass is 9.79. The fourth-order valence-electron chi connectivity index (χ4n) is 3.89. The predicted molar refractivity (Wildman–Crippen MR) is 75.4 cm³/mol. The fourth-order valence-corrected chi connectivity index (χ4v) is 3.89. The first-order chi connectivity index (χ1) is 8.48. The molecule has 18 heavy (non-hydrogen) atoms. The monoisotopic (exact) mass is 254 g/mol.